The van der Waals surface area contributed by atoms with Crippen molar-refractivity contribution in [2.45, 2.75) is 49.3 Å². The van der Waals surface area contributed by atoms with Gasteiger partial charge in [0.1, 0.15) is 0 Å². The van der Waals surface area contributed by atoms with Crippen LogP contribution in [0.2, 0.25) is 0 Å². The minimum Gasteiger partial charge on any atom is -0.326 e. The van der Waals surface area contributed by atoms with Crippen LogP contribution in [0.5, 0.6) is 0 Å². The third-order valence-electron chi connectivity index (χ3n) is 6.84. The van der Waals surface area contributed by atoms with Crippen molar-refractivity contribution < 1.29 is 4.79 Å². The zero-order valence-electron chi connectivity index (χ0n) is 15.5. The van der Waals surface area contributed by atoms with Gasteiger partial charge in [-0.15, -0.1) is 0 Å². The Hall–Kier alpha value is -1.68. The highest BCUT2D eigenvalue weighted by Crippen LogP contribution is 2.64. The van der Waals surface area contributed by atoms with Crippen LogP contribution in [0.15, 0.2) is 48.8 Å². The molecule has 0 saturated heterocycles. The van der Waals surface area contributed by atoms with E-state index in [1.807, 2.05) is 36.7 Å². The van der Waals surface area contributed by atoms with Crippen LogP contribution in [0.3, 0.4) is 0 Å². The summed E-state index contributed by atoms with van der Waals surface area (Å²) in [5.74, 6) is 1.68. The van der Waals surface area contributed by atoms with Crippen LogP contribution in [-0.4, -0.2) is 15.2 Å². The summed E-state index contributed by atoms with van der Waals surface area (Å²) in [6.45, 7) is 0. The van der Waals surface area contributed by atoms with Crippen LogP contribution in [0.1, 0.15) is 49.7 Å². The summed E-state index contributed by atoms with van der Waals surface area (Å²) in [6.07, 6.45) is 11.5. The summed E-state index contributed by atoms with van der Waals surface area (Å²) < 4.78 is 0.211. The van der Waals surface area contributed by atoms with E-state index in [9.17, 15) is 4.79 Å². The lowest BCUT2D eigenvalue weighted by atomic mass is 9.49. The number of aromatic nitrogens is 1. The van der Waals surface area contributed by atoms with Gasteiger partial charge < -0.3 is 5.32 Å². The molecule has 4 saturated carbocycles. The second-order valence-electron chi connectivity index (χ2n) is 9.08. The molecule has 0 spiro atoms. The lowest BCUT2D eigenvalue weighted by Crippen LogP contribution is -2.57. The fourth-order valence-corrected chi connectivity index (χ4v) is 7.57. The van der Waals surface area contributed by atoms with E-state index < -0.39 is 0 Å². The first-order chi connectivity index (χ1) is 13.0. The van der Waals surface area contributed by atoms with Crippen molar-refractivity contribution >= 4 is 27.5 Å². The number of anilines is 1. The Balaban J connectivity index is 1.29. The van der Waals surface area contributed by atoms with E-state index in [2.05, 4.69) is 38.4 Å². The number of nitrogens with zero attached hydrogens (tertiary/aromatic N) is 1. The van der Waals surface area contributed by atoms with Crippen molar-refractivity contribution in [2.75, 3.05) is 5.32 Å². The van der Waals surface area contributed by atoms with Gasteiger partial charge in [-0.2, -0.15) is 0 Å². The van der Waals surface area contributed by atoms with Crippen LogP contribution in [0.4, 0.5) is 5.69 Å². The van der Waals surface area contributed by atoms with Crippen LogP contribution in [0.25, 0.3) is 0 Å². The van der Waals surface area contributed by atoms with Gasteiger partial charge in [0.25, 0.3) is 0 Å². The number of rotatable bonds is 4. The van der Waals surface area contributed by atoms with E-state index in [-0.39, 0.29) is 15.6 Å². The molecule has 2 unspecified atom stereocenters. The standard InChI is InChI=1S/C23H25BrN2O/c24-23-13-18-10-19(14-23)12-22(11-18,15-23)21(27)26-20-3-1-16(2-4-20)9-17-5-7-25-8-6-17/h1-8,18-19H,9-15H2,(H,26,27)/t18-,19+,22?,23?. The molecule has 4 bridgehead atoms. The quantitative estimate of drug-likeness (QED) is 0.672. The molecule has 1 amide bonds. The van der Waals surface area contributed by atoms with Gasteiger partial charge in [-0.05, 0) is 92.2 Å². The molecular weight excluding hydrogens is 400 g/mol. The monoisotopic (exact) mass is 424 g/mol. The zero-order valence-corrected chi connectivity index (χ0v) is 17.0. The molecule has 3 nitrogen and oxygen atoms in total. The Labute approximate surface area is 169 Å². The number of amides is 1. The van der Waals surface area contributed by atoms with Crippen molar-refractivity contribution in [1.82, 2.24) is 4.98 Å². The predicted octanol–water partition coefficient (Wildman–Crippen LogP) is 5.34. The van der Waals surface area contributed by atoms with Crippen LogP contribution >= 0.6 is 15.9 Å². The molecule has 4 fully saturated rings. The van der Waals surface area contributed by atoms with Gasteiger partial charge in [-0.3, -0.25) is 9.78 Å². The maximum absolute atomic E-state index is 13.2. The summed E-state index contributed by atoms with van der Waals surface area (Å²) in [5, 5.41) is 3.24. The summed E-state index contributed by atoms with van der Waals surface area (Å²) >= 11 is 4.00. The third kappa shape index (κ3) is 3.33. The number of nitrogens with one attached hydrogen (secondary N) is 1. The second kappa shape index (κ2) is 6.44. The summed E-state index contributed by atoms with van der Waals surface area (Å²) in [4.78, 5) is 17.3. The fourth-order valence-electron chi connectivity index (χ4n) is 6.12. The Kier molecular flexibility index (Phi) is 4.15. The molecule has 4 aliphatic rings. The van der Waals surface area contributed by atoms with E-state index in [0.29, 0.717) is 0 Å². The highest BCUT2D eigenvalue weighted by atomic mass is 79.9. The minimum atomic E-state index is -0.163. The van der Waals surface area contributed by atoms with Crippen LogP contribution < -0.4 is 5.32 Å². The molecular formula is C23H25BrN2O. The highest BCUT2D eigenvalue weighted by molar-refractivity contribution is 9.10. The topological polar surface area (TPSA) is 42.0 Å². The molecule has 4 heteroatoms. The molecule has 140 valence electrons. The first-order valence-electron chi connectivity index (χ1n) is 10.0. The maximum atomic E-state index is 13.2. The lowest BCUT2D eigenvalue weighted by molar-refractivity contribution is -0.138. The average molecular weight is 425 g/mol. The molecule has 0 aliphatic heterocycles. The Morgan fingerprint density at radius 2 is 1.63 bits per heavy atom. The van der Waals surface area contributed by atoms with Crippen LogP contribution in [0, 0.1) is 17.3 Å². The summed E-state index contributed by atoms with van der Waals surface area (Å²) in [5.41, 5.74) is 3.24. The summed E-state index contributed by atoms with van der Waals surface area (Å²) in [6, 6.07) is 12.4. The molecule has 4 atom stereocenters. The molecule has 4 aliphatic carbocycles. The minimum absolute atomic E-state index is 0.163. The molecule has 2 aromatic rings. The fraction of sp³-hybridized carbons (Fsp3) is 0.478. The molecule has 1 heterocycles. The number of carbonyl (C=O) groups is 1. The molecule has 1 aromatic heterocycles. The first kappa shape index (κ1) is 17.4. The molecule has 27 heavy (non-hydrogen) atoms. The van der Waals surface area contributed by atoms with Crippen molar-refractivity contribution in [3.8, 4) is 0 Å². The van der Waals surface area contributed by atoms with E-state index in [0.717, 1.165) is 43.2 Å². The van der Waals surface area contributed by atoms with Crippen molar-refractivity contribution in [1.29, 1.82) is 0 Å². The van der Waals surface area contributed by atoms with E-state index in [1.165, 1.54) is 30.4 Å². The number of alkyl halides is 1. The second-order valence-corrected chi connectivity index (χ2v) is 10.8. The number of benzene rings is 1. The Bertz CT molecular complexity index is 834. The van der Waals surface area contributed by atoms with E-state index in [1.54, 1.807) is 0 Å². The SMILES string of the molecule is O=C(Nc1ccc(Cc2ccncc2)cc1)C12C[C@@H]3C[C@@H](CC(Br)(C3)C1)C2. The largest absolute Gasteiger partial charge is 0.326 e. The highest BCUT2D eigenvalue weighted by Gasteiger charge is 2.59. The van der Waals surface area contributed by atoms with Gasteiger partial charge in [-0.1, -0.05) is 28.1 Å². The normalized spacial score (nSPS) is 33.8. The van der Waals surface area contributed by atoms with Crippen molar-refractivity contribution in [2.24, 2.45) is 17.3 Å². The van der Waals surface area contributed by atoms with Crippen LogP contribution in [-0.2, 0) is 11.2 Å². The number of halogens is 1. The van der Waals surface area contributed by atoms with Gasteiger partial charge in [0, 0.05) is 22.4 Å². The lowest BCUT2D eigenvalue weighted by Gasteiger charge is -2.59. The van der Waals surface area contributed by atoms with Gasteiger partial charge in [0.2, 0.25) is 5.91 Å². The smallest absolute Gasteiger partial charge is 0.230 e. The average Bonchev–Trinajstić information content (AvgIpc) is 2.62. The Morgan fingerprint density at radius 3 is 2.26 bits per heavy atom. The number of carbonyl (C=O) groups excluding carboxylic acids is 1. The van der Waals surface area contributed by atoms with Gasteiger partial charge in [0.15, 0.2) is 0 Å². The third-order valence-corrected chi connectivity index (χ3v) is 7.77. The number of pyridine rings is 1. The maximum Gasteiger partial charge on any atom is 0.230 e. The molecule has 1 N–H and O–H groups in total. The van der Waals surface area contributed by atoms with Crippen molar-refractivity contribution in [3.63, 3.8) is 0 Å². The van der Waals surface area contributed by atoms with Crippen molar-refractivity contribution in [3.05, 3.63) is 59.9 Å². The Morgan fingerprint density at radius 1 is 1.00 bits per heavy atom. The molecule has 1 aromatic carbocycles. The summed E-state index contributed by atoms with van der Waals surface area (Å²) in [7, 11) is 0. The van der Waals surface area contributed by atoms with Gasteiger partial charge in [0.05, 0.1) is 5.41 Å². The van der Waals surface area contributed by atoms with E-state index >= 15 is 0 Å². The molecule has 0 radical (unpaired) electrons. The van der Waals surface area contributed by atoms with E-state index in [4.69, 9.17) is 0 Å². The van der Waals surface area contributed by atoms with Gasteiger partial charge >= 0.3 is 0 Å². The predicted molar refractivity (Wildman–Crippen MR) is 111 cm³/mol. The number of hydrogen-bond donors (Lipinski definition) is 1. The zero-order chi connectivity index (χ0) is 18.5. The first-order valence-corrected chi connectivity index (χ1v) is 10.8. The number of hydrogen-bond acceptors (Lipinski definition) is 2. The van der Waals surface area contributed by atoms with Gasteiger partial charge in [-0.25, -0.2) is 0 Å². The molecule has 6 rings (SSSR count).